The Kier molecular flexibility index (Phi) is 7.34. The first-order valence-electron chi connectivity index (χ1n) is 10.4. The monoisotopic (exact) mass is 428 g/mol. The zero-order chi connectivity index (χ0) is 20.6. The lowest BCUT2D eigenvalue weighted by molar-refractivity contribution is 0.0888. The van der Waals surface area contributed by atoms with Crippen molar-refractivity contribution in [3.8, 4) is 10.8 Å². The molecule has 160 valence electrons. The van der Waals surface area contributed by atoms with Crippen LogP contribution in [0.1, 0.15) is 18.6 Å². The molecule has 0 bridgehead atoms. The van der Waals surface area contributed by atoms with Crippen molar-refractivity contribution in [1.82, 2.24) is 15.6 Å². The Morgan fingerprint density at radius 3 is 3.03 bits per heavy atom. The molecule has 1 fully saturated rings. The first-order valence-corrected chi connectivity index (χ1v) is 11.2. The van der Waals surface area contributed by atoms with E-state index in [2.05, 4.69) is 26.7 Å². The number of guanidine groups is 1. The van der Waals surface area contributed by atoms with E-state index < -0.39 is 0 Å². The van der Waals surface area contributed by atoms with Crippen molar-refractivity contribution in [3.63, 3.8) is 0 Å². The third-order valence-corrected chi connectivity index (χ3v) is 6.01. The number of rotatable bonds is 9. The lowest BCUT2D eigenvalue weighted by atomic mass is 10.1. The van der Waals surface area contributed by atoms with Crippen LogP contribution in [0.2, 0.25) is 0 Å². The van der Waals surface area contributed by atoms with Gasteiger partial charge in [0.05, 0.1) is 30.0 Å². The van der Waals surface area contributed by atoms with E-state index >= 15 is 0 Å². The van der Waals surface area contributed by atoms with E-state index in [0.717, 1.165) is 78.5 Å². The van der Waals surface area contributed by atoms with Gasteiger partial charge >= 0.3 is 0 Å². The third-order valence-electron chi connectivity index (χ3n) is 4.96. The Morgan fingerprint density at radius 1 is 1.27 bits per heavy atom. The minimum atomic E-state index is 0.558. The van der Waals surface area contributed by atoms with Crippen LogP contribution in [0.25, 0.3) is 21.0 Å². The van der Waals surface area contributed by atoms with E-state index in [1.54, 1.807) is 18.4 Å². The highest BCUT2D eigenvalue weighted by atomic mass is 32.1. The second-order valence-electron chi connectivity index (χ2n) is 7.26. The zero-order valence-corrected chi connectivity index (χ0v) is 18.0. The number of hydrogen-bond donors (Lipinski definition) is 2. The highest BCUT2D eigenvalue weighted by molar-refractivity contribution is 7.21. The first-order chi connectivity index (χ1) is 14.8. The van der Waals surface area contributed by atoms with Crippen molar-refractivity contribution in [3.05, 3.63) is 42.2 Å². The second-order valence-corrected chi connectivity index (χ2v) is 8.29. The molecule has 3 heterocycles. The molecule has 2 N–H and O–H groups in total. The van der Waals surface area contributed by atoms with Gasteiger partial charge in [0, 0.05) is 32.7 Å². The van der Waals surface area contributed by atoms with Gasteiger partial charge < -0.3 is 24.5 Å². The maximum Gasteiger partial charge on any atom is 0.191 e. The van der Waals surface area contributed by atoms with Crippen molar-refractivity contribution in [2.24, 2.45) is 10.9 Å². The fraction of sp³-hybridized carbons (Fsp3) is 0.455. The molecular weight excluding hydrogens is 400 g/mol. The topological polar surface area (TPSA) is 80.9 Å². The quantitative estimate of drug-likeness (QED) is 0.308. The lowest BCUT2D eigenvalue weighted by Crippen LogP contribution is -2.37. The molecule has 7 nitrogen and oxygen atoms in total. The molecule has 1 atom stereocenters. The number of hydrogen-bond acceptors (Lipinski definition) is 6. The molecular formula is C22H28N4O3S. The predicted molar refractivity (Wildman–Crippen MR) is 120 cm³/mol. The molecule has 30 heavy (non-hydrogen) atoms. The molecule has 8 heteroatoms. The predicted octanol–water partition coefficient (Wildman–Crippen LogP) is 3.66. The number of thiazole rings is 1. The Hall–Kier alpha value is -2.42. The van der Waals surface area contributed by atoms with Crippen LogP contribution in [0.3, 0.4) is 0 Å². The number of nitrogens with one attached hydrogen (secondary N) is 2. The van der Waals surface area contributed by atoms with E-state index in [1.807, 2.05) is 30.3 Å². The van der Waals surface area contributed by atoms with Crippen LogP contribution >= 0.6 is 11.3 Å². The summed E-state index contributed by atoms with van der Waals surface area (Å²) in [4.78, 5) is 8.91. The van der Waals surface area contributed by atoms with Gasteiger partial charge in [0.2, 0.25) is 0 Å². The van der Waals surface area contributed by atoms with E-state index in [0.29, 0.717) is 12.5 Å². The maximum atomic E-state index is 5.97. The molecule has 3 aromatic rings. The van der Waals surface area contributed by atoms with Crippen LogP contribution in [-0.2, 0) is 16.0 Å². The Labute approximate surface area is 180 Å². The number of aromatic nitrogens is 1. The number of furan rings is 1. The summed E-state index contributed by atoms with van der Waals surface area (Å²) < 4.78 is 18.2. The van der Waals surface area contributed by atoms with Crippen LogP contribution < -0.4 is 10.6 Å². The van der Waals surface area contributed by atoms with Crippen LogP contribution in [0, 0.1) is 5.92 Å². The molecule has 1 unspecified atom stereocenters. The minimum absolute atomic E-state index is 0.558. The molecule has 0 radical (unpaired) electrons. The van der Waals surface area contributed by atoms with E-state index in [-0.39, 0.29) is 0 Å². The molecule has 1 aliphatic heterocycles. The number of benzene rings is 1. The van der Waals surface area contributed by atoms with E-state index in [1.165, 1.54) is 0 Å². The number of para-hydroxylation sites is 1. The van der Waals surface area contributed by atoms with Crippen molar-refractivity contribution >= 4 is 27.5 Å². The fourth-order valence-electron chi connectivity index (χ4n) is 3.30. The Bertz CT molecular complexity index is 929. The van der Waals surface area contributed by atoms with Gasteiger partial charge in [0.15, 0.2) is 16.7 Å². The van der Waals surface area contributed by atoms with Gasteiger partial charge in [-0.25, -0.2) is 4.98 Å². The Balaban J connectivity index is 1.18. The van der Waals surface area contributed by atoms with Crippen molar-refractivity contribution in [2.45, 2.75) is 19.4 Å². The van der Waals surface area contributed by atoms with E-state index in [9.17, 15) is 0 Å². The van der Waals surface area contributed by atoms with Gasteiger partial charge in [0.1, 0.15) is 5.76 Å². The van der Waals surface area contributed by atoms with Crippen molar-refractivity contribution in [1.29, 1.82) is 0 Å². The summed E-state index contributed by atoms with van der Waals surface area (Å²) in [5.41, 5.74) is 0.999. The van der Waals surface area contributed by atoms with Crippen molar-refractivity contribution in [2.75, 3.05) is 40.0 Å². The number of fused-ring (bicyclic) bond motifs is 1. The molecule has 4 rings (SSSR count). The molecule has 0 saturated carbocycles. The average molecular weight is 429 g/mol. The third kappa shape index (κ3) is 5.59. The van der Waals surface area contributed by atoms with Crippen molar-refractivity contribution < 1.29 is 13.9 Å². The summed E-state index contributed by atoms with van der Waals surface area (Å²) in [6, 6.07) is 12.1. The smallest absolute Gasteiger partial charge is 0.191 e. The standard InChI is InChI=1S/C22H28N4O3S/c1-23-22(24-10-4-11-27-14-16-9-12-28-15-16)25-13-17-7-8-19(29-17)21-26-18-5-2-3-6-20(18)30-21/h2-3,5-8,16H,4,9-15H2,1H3,(H2,23,24,25). The molecule has 0 amide bonds. The molecule has 1 aromatic carbocycles. The Morgan fingerprint density at radius 2 is 2.20 bits per heavy atom. The second kappa shape index (κ2) is 10.6. The SMILES string of the molecule is CN=C(NCCCOCC1CCOC1)NCc1ccc(-c2nc3ccccc3s2)o1. The van der Waals surface area contributed by atoms with E-state index in [4.69, 9.17) is 13.9 Å². The summed E-state index contributed by atoms with van der Waals surface area (Å²) in [6.45, 7) is 4.60. The highest BCUT2D eigenvalue weighted by Crippen LogP contribution is 2.31. The number of ether oxygens (including phenoxy) is 2. The lowest BCUT2D eigenvalue weighted by Gasteiger charge is -2.12. The van der Waals surface area contributed by atoms with Crippen LogP contribution in [0.4, 0.5) is 0 Å². The average Bonchev–Trinajstić information content (AvgIpc) is 3.52. The minimum Gasteiger partial charge on any atom is -0.457 e. The summed E-state index contributed by atoms with van der Waals surface area (Å²) in [7, 11) is 1.76. The van der Waals surface area contributed by atoms with Gasteiger partial charge in [-0.15, -0.1) is 11.3 Å². The number of aliphatic imine (C=N–C) groups is 1. The van der Waals surface area contributed by atoms with Gasteiger partial charge in [-0.2, -0.15) is 0 Å². The first kappa shape index (κ1) is 20.8. The summed E-state index contributed by atoms with van der Waals surface area (Å²) in [6.07, 6.45) is 2.04. The molecule has 0 aliphatic carbocycles. The van der Waals surface area contributed by atoms with Gasteiger partial charge in [0.25, 0.3) is 0 Å². The summed E-state index contributed by atoms with van der Waals surface area (Å²) in [5.74, 6) is 2.94. The summed E-state index contributed by atoms with van der Waals surface area (Å²) in [5, 5.41) is 7.49. The molecule has 2 aromatic heterocycles. The molecule has 0 spiro atoms. The van der Waals surface area contributed by atoms with Crippen LogP contribution in [0.5, 0.6) is 0 Å². The molecule has 1 aliphatic rings. The highest BCUT2D eigenvalue weighted by Gasteiger charge is 2.15. The van der Waals surface area contributed by atoms with Gasteiger partial charge in [-0.05, 0) is 37.1 Å². The van der Waals surface area contributed by atoms with Crippen LogP contribution in [0.15, 0.2) is 45.8 Å². The van der Waals surface area contributed by atoms with Crippen LogP contribution in [-0.4, -0.2) is 51.0 Å². The maximum absolute atomic E-state index is 5.97. The zero-order valence-electron chi connectivity index (χ0n) is 17.2. The number of nitrogens with zero attached hydrogens (tertiary/aromatic N) is 2. The van der Waals surface area contributed by atoms with Gasteiger partial charge in [-0.1, -0.05) is 12.1 Å². The molecule has 1 saturated heterocycles. The fourth-order valence-corrected chi connectivity index (χ4v) is 4.23. The largest absolute Gasteiger partial charge is 0.457 e. The summed E-state index contributed by atoms with van der Waals surface area (Å²) >= 11 is 1.64. The normalized spacial score (nSPS) is 17.0. The van der Waals surface area contributed by atoms with Gasteiger partial charge in [-0.3, -0.25) is 4.99 Å².